The largest absolute Gasteiger partial charge is 0.394 e. The molecule has 0 amide bonds. The third-order valence-electron chi connectivity index (χ3n) is 3.25. The van der Waals surface area contributed by atoms with Gasteiger partial charge >= 0.3 is 0 Å². The molecule has 5 unspecified atom stereocenters. The van der Waals surface area contributed by atoms with Crippen molar-refractivity contribution < 1.29 is 25.2 Å². The van der Waals surface area contributed by atoms with Crippen LogP contribution in [0.25, 0.3) is 0 Å². The van der Waals surface area contributed by atoms with Gasteiger partial charge in [0.15, 0.2) is 6.23 Å². The van der Waals surface area contributed by atoms with Crippen molar-refractivity contribution in [2.24, 2.45) is 0 Å². The van der Waals surface area contributed by atoms with Crippen LogP contribution in [0.5, 0.6) is 0 Å². The van der Waals surface area contributed by atoms with Gasteiger partial charge < -0.3 is 25.2 Å². The lowest BCUT2D eigenvalue weighted by Crippen LogP contribution is -2.56. The summed E-state index contributed by atoms with van der Waals surface area (Å²) in [6.45, 7) is -0.460. The average molecular weight is 399 g/mol. The van der Waals surface area contributed by atoms with Gasteiger partial charge in [-0.2, -0.15) is 0 Å². The third kappa shape index (κ3) is 3.28. The molecule has 9 heteroatoms. The molecule has 114 valence electrons. The Bertz CT molecular complexity index is 430. The zero-order valence-corrected chi connectivity index (χ0v) is 12.9. The first-order valence-corrected chi connectivity index (χ1v) is 7.88. The number of aliphatic hydroxyl groups is 4. The summed E-state index contributed by atoms with van der Waals surface area (Å²) in [5.74, 6) is 0. The number of halogens is 1. The van der Waals surface area contributed by atoms with Crippen molar-refractivity contribution >= 4 is 22.6 Å². The van der Waals surface area contributed by atoms with Gasteiger partial charge in [0.25, 0.3) is 0 Å². The minimum absolute atomic E-state index is 0.460. The summed E-state index contributed by atoms with van der Waals surface area (Å²) in [6, 6.07) is 0. The lowest BCUT2D eigenvalue weighted by molar-refractivity contribution is -0.254. The molecule has 1 fully saturated rings. The maximum Gasteiger partial charge on any atom is 0.180 e. The van der Waals surface area contributed by atoms with Crippen LogP contribution in [0.2, 0.25) is 0 Å². The molecule has 4 N–H and O–H groups in total. The normalized spacial score (nSPS) is 34.4. The van der Waals surface area contributed by atoms with E-state index in [4.69, 9.17) is 9.84 Å². The van der Waals surface area contributed by atoms with E-state index in [0.717, 1.165) is 23.0 Å². The summed E-state index contributed by atoms with van der Waals surface area (Å²) in [7, 11) is 0. The maximum atomic E-state index is 9.95. The molecule has 1 aliphatic heterocycles. The number of alkyl halides is 1. The van der Waals surface area contributed by atoms with Crippen LogP contribution < -0.4 is 0 Å². The van der Waals surface area contributed by atoms with Crippen molar-refractivity contribution in [2.45, 2.75) is 43.5 Å². The smallest absolute Gasteiger partial charge is 0.180 e. The Hall–Kier alpha value is -0.330. The summed E-state index contributed by atoms with van der Waals surface area (Å²) in [5, 5.41) is 46.4. The molecule has 1 aromatic rings. The van der Waals surface area contributed by atoms with Crippen LogP contribution in [0.15, 0.2) is 6.20 Å². The number of aliphatic hydroxyl groups excluding tert-OH is 4. The number of aromatic nitrogens is 3. The highest BCUT2D eigenvalue weighted by Gasteiger charge is 2.44. The summed E-state index contributed by atoms with van der Waals surface area (Å²) in [6.07, 6.45) is -2.67. The molecule has 1 aromatic heterocycles. The van der Waals surface area contributed by atoms with E-state index in [1.165, 1.54) is 4.68 Å². The minimum Gasteiger partial charge on any atom is -0.394 e. The van der Waals surface area contributed by atoms with Gasteiger partial charge in [-0.1, -0.05) is 27.8 Å². The minimum atomic E-state index is -1.41. The molecule has 0 bridgehead atoms. The van der Waals surface area contributed by atoms with Crippen molar-refractivity contribution in [3.05, 3.63) is 11.9 Å². The third-order valence-corrected chi connectivity index (χ3v) is 4.01. The molecule has 0 aromatic carbocycles. The molecule has 0 aliphatic carbocycles. The Kier molecular flexibility index (Phi) is 5.69. The van der Waals surface area contributed by atoms with Crippen molar-refractivity contribution in [2.75, 3.05) is 11.0 Å². The van der Waals surface area contributed by atoms with E-state index in [1.807, 2.05) is 0 Å². The number of hydrogen-bond acceptors (Lipinski definition) is 7. The van der Waals surface area contributed by atoms with Crippen LogP contribution in [-0.4, -0.2) is 70.9 Å². The molecule has 0 spiro atoms. The van der Waals surface area contributed by atoms with Crippen molar-refractivity contribution in [1.29, 1.82) is 0 Å². The van der Waals surface area contributed by atoms with Crippen LogP contribution in [0.3, 0.4) is 0 Å². The first-order valence-electron chi connectivity index (χ1n) is 6.35. The number of aryl methyl sites for hydroxylation is 1. The van der Waals surface area contributed by atoms with E-state index in [1.54, 1.807) is 6.20 Å². The molecular formula is C11H18IN3O5. The lowest BCUT2D eigenvalue weighted by atomic mass is 9.98. The lowest BCUT2D eigenvalue weighted by Gasteiger charge is -2.39. The number of rotatable bonds is 5. The van der Waals surface area contributed by atoms with Crippen LogP contribution >= 0.6 is 22.6 Å². The van der Waals surface area contributed by atoms with Gasteiger partial charge in [-0.05, 0) is 17.3 Å². The van der Waals surface area contributed by atoms with Crippen molar-refractivity contribution in [1.82, 2.24) is 15.0 Å². The predicted octanol–water partition coefficient (Wildman–Crippen LogP) is -1.38. The number of ether oxygens (including phenoxy) is 1. The van der Waals surface area contributed by atoms with Crippen LogP contribution in [0.4, 0.5) is 0 Å². The van der Waals surface area contributed by atoms with Crippen molar-refractivity contribution in [3.63, 3.8) is 0 Å². The summed E-state index contributed by atoms with van der Waals surface area (Å²) < 4.78 is 7.70. The Labute approximate surface area is 129 Å². The Balaban J connectivity index is 2.12. The van der Waals surface area contributed by atoms with E-state index in [2.05, 4.69) is 32.9 Å². The Morgan fingerprint density at radius 2 is 2.00 bits per heavy atom. The zero-order valence-electron chi connectivity index (χ0n) is 10.7. The average Bonchev–Trinajstić information content (AvgIpc) is 2.91. The first kappa shape index (κ1) is 16.0. The fourth-order valence-corrected chi connectivity index (χ4v) is 2.48. The van der Waals surface area contributed by atoms with Gasteiger partial charge in [0.2, 0.25) is 0 Å². The highest BCUT2D eigenvalue weighted by atomic mass is 127. The first-order chi connectivity index (χ1) is 9.58. The van der Waals surface area contributed by atoms with Gasteiger partial charge in [-0.3, -0.25) is 0 Å². The summed E-state index contributed by atoms with van der Waals surface area (Å²) in [4.78, 5) is 0. The van der Waals surface area contributed by atoms with Crippen molar-refractivity contribution in [3.8, 4) is 0 Å². The summed E-state index contributed by atoms with van der Waals surface area (Å²) in [5.41, 5.74) is 0.763. The molecule has 1 saturated heterocycles. The van der Waals surface area contributed by atoms with Crippen LogP contribution in [0, 0.1) is 0 Å². The molecule has 5 atom stereocenters. The molecule has 20 heavy (non-hydrogen) atoms. The molecule has 2 heterocycles. The standard InChI is InChI=1S/C11H18IN3O5/c12-3-1-2-6-4-15(14-13-6)11-10(19)9(18)8(17)7(5-16)20-11/h4,7-11,16-19H,1-3,5H2. The number of hydrogen-bond donors (Lipinski definition) is 4. The Morgan fingerprint density at radius 3 is 2.65 bits per heavy atom. The fourth-order valence-electron chi connectivity index (χ4n) is 2.10. The molecular weight excluding hydrogens is 381 g/mol. The second-order valence-corrected chi connectivity index (χ2v) is 5.78. The van der Waals surface area contributed by atoms with E-state index in [9.17, 15) is 15.3 Å². The van der Waals surface area contributed by atoms with Gasteiger partial charge in [0.05, 0.1) is 18.5 Å². The van der Waals surface area contributed by atoms with Gasteiger partial charge in [-0.25, -0.2) is 4.68 Å². The van der Waals surface area contributed by atoms with E-state index in [0.29, 0.717) is 0 Å². The van der Waals surface area contributed by atoms with E-state index in [-0.39, 0.29) is 0 Å². The van der Waals surface area contributed by atoms with E-state index < -0.39 is 37.3 Å². The quantitative estimate of drug-likeness (QED) is 0.356. The van der Waals surface area contributed by atoms with Gasteiger partial charge in [0.1, 0.15) is 24.4 Å². The molecule has 0 saturated carbocycles. The highest BCUT2D eigenvalue weighted by Crippen LogP contribution is 2.27. The number of nitrogens with zero attached hydrogens (tertiary/aromatic N) is 3. The maximum absolute atomic E-state index is 9.95. The van der Waals surface area contributed by atoms with Crippen LogP contribution in [-0.2, 0) is 11.2 Å². The van der Waals surface area contributed by atoms with E-state index >= 15 is 0 Å². The molecule has 2 rings (SSSR count). The fraction of sp³-hybridized carbons (Fsp3) is 0.818. The second-order valence-electron chi connectivity index (χ2n) is 4.70. The zero-order chi connectivity index (χ0) is 14.7. The van der Waals surface area contributed by atoms with Gasteiger partial charge in [0, 0.05) is 0 Å². The molecule has 0 radical (unpaired) electrons. The summed E-state index contributed by atoms with van der Waals surface area (Å²) >= 11 is 2.27. The Morgan fingerprint density at radius 1 is 1.25 bits per heavy atom. The topological polar surface area (TPSA) is 121 Å². The molecule has 1 aliphatic rings. The highest BCUT2D eigenvalue weighted by molar-refractivity contribution is 14.1. The van der Waals surface area contributed by atoms with Crippen LogP contribution in [0.1, 0.15) is 18.3 Å². The van der Waals surface area contributed by atoms with Gasteiger partial charge in [-0.15, -0.1) is 5.10 Å². The SMILES string of the molecule is OCC1OC(n2cc(CCCI)nn2)C(O)C(O)C1O. The second kappa shape index (κ2) is 7.09. The predicted molar refractivity (Wildman–Crippen MR) is 76.2 cm³/mol. The molecule has 8 nitrogen and oxygen atoms in total. The monoisotopic (exact) mass is 399 g/mol.